The molecule has 0 aromatic rings. The van der Waals surface area contributed by atoms with E-state index in [0.29, 0.717) is 36.2 Å². The van der Waals surface area contributed by atoms with E-state index in [1.807, 2.05) is 25.2 Å². The molecule has 4 N–H and O–H groups in total. The number of esters is 5. The van der Waals surface area contributed by atoms with Crippen molar-refractivity contribution in [2.75, 3.05) is 13.2 Å². The van der Waals surface area contributed by atoms with Crippen LogP contribution in [0.1, 0.15) is 651 Å². The number of carbonyl (C=O) groups excluding carboxylic acids is 5. The fraction of sp³-hybridized carbons (Fsp3) is 0.917. The molecule has 2 heterocycles. The molecule has 0 saturated carbocycles. The Balaban J connectivity index is 2.70. The Kier molecular flexibility index (Phi) is 92.4. The van der Waals surface area contributed by atoms with Crippen molar-refractivity contribution in [2.45, 2.75) is 718 Å². The Bertz CT molecular complexity index is 3220. The lowest BCUT2D eigenvalue weighted by atomic mass is 9.85. The van der Waals surface area contributed by atoms with Gasteiger partial charge in [0, 0.05) is 23.1 Å². The fourth-order valence-corrected chi connectivity index (χ4v) is 23.5. The molecule has 17 heteroatoms. The second-order valence-corrected chi connectivity index (χ2v) is 49.0. The average Bonchev–Trinajstić information content (AvgIpc) is 0.769. The normalized spacial score (nSPS) is 20.4. The number of aliphatic hydroxyl groups excluding tert-OH is 4. The van der Waals surface area contributed by atoms with Gasteiger partial charge in [0.05, 0.1) is 18.6 Å². The molecule has 2 fully saturated rings. The summed E-state index contributed by atoms with van der Waals surface area (Å²) in [5.74, 6) is -4.08. The molecular formula is C133H248O17. The monoisotopic (exact) mass is 2120 g/mol. The molecule has 0 aromatic heterocycles. The molecule has 882 valence electrons. The minimum atomic E-state index is -1.98. The summed E-state index contributed by atoms with van der Waals surface area (Å²) < 4.78 is 52.2. The van der Waals surface area contributed by atoms with Crippen LogP contribution in [-0.4, -0.2) is 131 Å². The number of aliphatic hydroxyl groups is 4. The minimum Gasteiger partial charge on any atom is -0.459 e. The zero-order valence-corrected chi connectivity index (χ0v) is 101. The Hall–Kier alpha value is -3.71. The van der Waals surface area contributed by atoms with Crippen LogP contribution in [0.4, 0.5) is 0 Å². The van der Waals surface area contributed by atoms with Gasteiger partial charge >= 0.3 is 29.8 Å². The highest BCUT2D eigenvalue weighted by Crippen LogP contribution is 2.38. The summed E-state index contributed by atoms with van der Waals surface area (Å²) in [7, 11) is 0. The van der Waals surface area contributed by atoms with Gasteiger partial charge in [-0.3, -0.25) is 9.59 Å². The van der Waals surface area contributed by atoms with Gasteiger partial charge in [-0.25, -0.2) is 14.4 Å². The van der Waals surface area contributed by atoms with Crippen molar-refractivity contribution in [2.24, 2.45) is 53.3 Å². The first-order chi connectivity index (χ1) is 72.7. The number of carbonyl (C=O) groups is 5. The molecule has 150 heavy (non-hydrogen) atoms. The summed E-state index contributed by atoms with van der Waals surface area (Å²) in [5.41, 5.74) is 0.877. The van der Waals surface area contributed by atoms with Crippen LogP contribution in [0.25, 0.3) is 0 Å². The van der Waals surface area contributed by atoms with E-state index in [0.717, 1.165) is 109 Å². The van der Waals surface area contributed by atoms with Gasteiger partial charge in [-0.05, 0) is 107 Å². The van der Waals surface area contributed by atoms with E-state index in [9.17, 15) is 34.8 Å². The molecule has 17 nitrogen and oxygen atoms in total. The zero-order valence-electron chi connectivity index (χ0n) is 101. The standard InChI is InChI=1S/C133H248O17/c1-18-23-28-33-38-43-48-53-57-59-61-65-69-74-77-82-87-92-106(6)97-110(10)101-114(14)128(139)143-105-119-122(137)125(148-130(141)116(16)103-112(12)99-108(8)94-89-84-79-73-68-64-56-51-46-41-36-31-26-21-4)127(146-120(135)96-91-86-81-76-71-62-52-47-42-37-32-27-22-5)133(145-119)150-132-126(149-131(142)117(17)121(136)113(13)100-109(9)95-90-85-80-75-70-66-60-58-54-49-44-39-34-29-24-19-2)123(138)124(118(104-134)144-132)147-129(140)115(15)102-111(11)98-107(7)93-88-83-78-72-67-63-55-50-45-40-35-30-25-20-3/h101-103,106-113,117-119,121-127,132-134,136-138H,18-100,104-105H2,1-17H3/b114-101+,115-102+,116-103+/t106-,107-,108-,109-,110-,111-,112-,113-,117-,118?,119?,121-,122+,123?,124+,125?,126-,127+,132+,133+/m0/s1. The SMILES string of the molecule is CCCCCCCCCCCCCCCCCCC[C@H](C)C[C@H](C)/C=C(\C)C(=O)OCC1O[C@H](O[C@H]2OC(CO)[C@@H](OC(=O)/C(C)=C/[C@@H](C)C[C@@H](C)CCCCCCCCCCCCCCCC)C(O)[C@@H]2OC(=O)[C@@H](C)[C@@H](O)[C@@H](C)C[C@@H](C)CCCCCCCCCCCCCCCCCC)[C@H](OC(=O)CCCCCCCCCCCCCCC)C(OC(=O)/C(C)=C/[C@@H](C)C[C@@H](C)CCCCCCCCCCCCCCCC)[C@@H]1O. The van der Waals surface area contributed by atoms with Crippen LogP contribution in [0.5, 0.6) is 0 Å². The quantitative estimate of drug-likeness (QED) is 0.0192. The molecule has 4 unspecified atom stereocenters. The topological polar surface area (TPSA) is 240 Å². The first kappa shape index (κ1) is 142. The summed E-state index contributed by atoms with van der Waals surface area (Å²) >= 11 is 0. The number of ether oxygens (including phenoxy) is 8. The zero-order chi connectivity index (χ0) is 110. The van der Waals surface area contributed by atoms with Crippen LogP contribution in [-0.2, 0) is 61.9 Å². The molecule has 2 aliphatic heterocycles. The number of unbranched alkanes of at least 4 members (excludes halogenated alkanes) is 69. The van der Waals surface area contributed by atoms with Crippen LogP contribution in [0.15, 0.2) is 34.9 Å². The maximum atomic E-state index is 15.2. The van der Waals surface area contributed by atoms with E-state index >= 15 is 9.59 Å². The first-order valence-electron chi connectivity index (χ1n) is 65.3. The third-order valence-electron chi connectivity index (χ3n) is 33.1. The van der Waals surface area contributed by atoms with Gasteiger partial charge in [-0.1, -0.05) is 603 Å². The Morgan fingerprint density at radius 1 is 0.280 bits per heavy atom. The van der Waals surface area contributed by atoms with Gasteiger partial charge in [-0.2, -0.15) is 0 Å². The molecule has 0 aliphatic carbocycles. The van der Waals surface area contributed by atoms with Crippen LogP contribution in [0.2, 0.25) is 0 Å². The van der Waals surface area contributed by atoms with Crippen molar-refractivity contribution < 1.29 is 82.3 Å². The third kappa shape index (κ3) is 74.6. The van der Waals surface area contributed by atoms with E-state index in [2.05, 4.69) is 83.1 Å². The predicted octanol–water partition coefficient (Wildman–Crippen LogP) is 37.8. The number of rotatable bonds is 105. The second-order valence-electron chi connectivity index (χ2n) is 49.0. The third-order valence-corrected chi connectivity index (χ3v) is 33.1. The van der Waals surface area contributed by atoms with Gasteiger partial charge in [0.2, 0.25) is 12.6 Å². The van der Waals surface area contributed by atoms with Crippen molar-refractivity contribution in [1.82, 2.24) is 0 Å². The maximum Gasteiger partial charge on any atom is 0.333 e. The smallest absolute Gasteiger partial charge is 0.333 e. The van der Waals surface area contributed by atoms with Crippen molar-refractivity contribution >= 4 is 29.8 Å². The highest BCUT2D eigenvalue weighted by molar-refractivity contribution is 5.89. The number of hydrogen-bond acceptors (Lipinski definition) is 17. The van der Waals surface area contributed by atoms with Crippen molar-refractivity contribution in [3.8, 4) is 0 Å². The molecule has 20 atom stereocenters. The van der Waals surface area contributed by atoms with E-state index in [-0.39, 0.29) is 47.2 Å². The van der Waals surface area contributed by atoms with Crippen LogP contribution in [0.3, 0.4) is 0 Å². The Morgan fingerprint density at radius 2 is 0.527 bits per heavy atom. The summed E-state index contributed by atoms with van der Waals surface area (Å²) in [4.78, 5) is 74.3. The van der Waals surface area contributed by atoms with Gasteiger partial charge < -0.3 is 58.3 Å². The van der Waals surface area contributed by atoms with Crippen molar-refractivity contribution in [1.29, 1.82) is 0 Å². The molecule has 0 radical (unpaired) electrons. The lowest BCUT2D eigenvalue weighted by Crippen LogP contribution is -2.66. The molecule has 0 aromatic carbocycles. The summed E-state index contributed by atoms with van der Waals surface area (Å²) in [6.45, 7) is 33.7. The van der Waals surface area contributed by atoms with E-state index in [1.165, 1.54) is 405 Å². The van der Waals surface area contributed by atoms with Crippen molar-refractivity contribution in [3.63, 3.8) is 0 Å². The molecule has 2 saturated heterocycles. The van der Waals surface area contributed by atoms with Crippen molar-refractivity contribution in [3.05, 3.63) is 34.9 Å². The largest absolute Gasteiger partial charge is 0.459 e. The fourth-order valence-electron chi connectivity index (χ4n) is 23.5. The van der Waals surface area contributed by atoms with E-state index in [1.54, 1.807) is 27.7 Å². The van der Waals surface area contributed by atoms with Gasteiger partial charge in [0.25, 0.3) is 0 Å². The molecule has 0 spiro atoms. The molecule has 0 amide bonds. The minimum absolute atomic E-state index is 0.0216. The van der Waals surface area contributed by atoms with Crippen LogP contribution >= 0.6 is 0 Å². The molecule has 0 bridgehead atoms. The second kappa shape index (κ2) is 97.3. The lowest BCUT2D eigenvalue weighted by Gasteiger charge is -2.47. The van der Waals surface area contributed by atoms with Crippen LogP contribution < -0.4 is 0 Å². The number of allylic oxidation sites excluding steroid dienone is 3. The summed E-state index contributed by atoms with van der Waals surface area (Å²) in [6.07, 6.45) is 87.7. The highest BCUT2D eigenvalue weighted by Gasteiger charge is 2.56. The van der Waals surface area contributed by atoms with Crippen LogP contribution in [0, 0.1) is 53.3 Å². The average molecular weight is 2120 g/mol. The van der Waals surface area contributed by atoms with Gasteiger partial charge in [0.15, 0.2) is 24.4 Å². The number of hydrogen-bond donors (Lipinski definition) is 4. The lowest BCUT2D eigenvalue weighted by molar-refractivity contribution is -0.377. The summed E-state index contributed by atoms with van der Waals surface area (Å²) in [5, 5.41) is 49.9. The maximum absolute atomic E-state index is 15.2. The highest BCUT2D eigenvalue weighted by atomic mass is 16.8. The first-order valence-corrected chi connectivity index (χ1v) is 65.3. The molecule has 2 aliphatic rings. The van der Waals surface area contributed by atoms with E-state index < -0.39 is 116 Å². The molecule has 2 rings (SSSR count). The van der Waals surface area contributed by atoms with Gasteiger partial charge in [0.1, 0.15) is 31.0 Å². The Morgan fingerprint density at radius 3 is 0.813 bits per heavy atom. The predicted molar refractivity (Wildman–Crippen MR) is 629 cm³/mol. The van der Waals surface area contributed by atoms with Gasteiger partial charge in [-0.15, -0.1) is 0 Å². The molecular weight excluding hydrogens is 1870 g/mol. The van der Waals surface area contributed by atoms with E-state index in [4.69, 9.17) is 37.9 Å². The Labute approximate surface area is 926 Å². The summed E-state index contributed by atoms with van der Waals surface area (Å²) in [6, 6.07) is 0.